The number of hydrogen-bond acceptors (Lipinski definition) is 4. The van der Waals surface area contributed by atoms with Gasteiger partial charge in [-0.2, -0.15) is 0 Å². The lowest BCUT2D eigenvalue weighted by atomic mass is 10.1. The van der Waals surface area contributed by atoms with E-state index in [-0.39, 0.29) is 11.4 Å². The lowest BCUT2D eigenvalue weighted by Crippen LogP contribution is -2.27. The Labute approximate surface area is 131 Å². The van der Waals surface area contributed by atoms with E-state index in [0.29, 0.717) is 18.1 Å². The van der Waals surface area contributed by atoms with Crippen LogP contribution in [0.1, 0.15) is 42.4 Å². The number of aromatic nitrogens is 2. The summed E-state index contributed by atoms with van der Waals surface area (Å²) in [6, 6.07) is 7.96. The summed E-state index contributed by atoms with van der Waals surface area (Å²) in [5, 5.41) is 6.07. The largest absolute Gasteiger partial charge is 0.364 e. The summed E-state index contributed by atoms with van der Waals surface area (Å²) in [7, 11) is 0. The topological polar surface area (TPSA) is 66.9 Å². The molecule has 0 aliphatic heterocycles. The molecule has 22 heavy (non-hydrogen) atoms. The highest BCUT2D eigenvalue weighted by molar-refractivity contribution is 5.91. The van der Waals surface area contributed by atoms with Crippen LogP contribution in [-0.2, 0) is 6.54 Å². The van der Waals surface area contributed by atoms with Gasteiger partial charge in [0.25, 0.3) is 5.91 Å². The fraction of sp³-hybridized carbons (Fsp3) is 0.353. The molecule has 5 heteroatoms. The number of carbonyl (C=O) groups excluding carboxylic acids is 1. The average Bonchev–Trinajstić information content (AvgIpc) is 2.45. The lowest BCUT2D eigenvalue weighted by molar-refractivity contribution is 0.0945. The van der Waals surface area contributed by atoms with E-state index in [2.05, 4.69) is 20.6 Å². The van der Waals surface area contributed by atoms with E-state index in [1.807, 2.05) is 52.0 Å². The van der Waals surface area contributed by atoms with E-state index < -0.39 is 0 Å². The first-order valence-electron chi connectivity index (χ1n) is 7.28. The number of rotatable bonds is 4. The maximum Gasteiger partial charge on any atom is 0.271 e. The van der Waals surface area contributed by atoms with Crippen molar-refractivity contribution in [3.05, 3.63) is 53.5 Å². The van der Waals surface area contributed by atoms with Gasteiger partial charge in [-0.15, -0.1) is 0 Å². The van der Waals surface area contributed by atoms with Crippen molar-refractivity contribution in [1.29, 1.82) is 0 Å². The Balaban J connectivity index is 1.97. The van der Waals surface area contributed by atoms with Crippen LogP contribution in [0.4, 0.5) is 5.82 Å². The van der Waals surface area contributed by atoms with Gasteiger partial charge in [0.05, 0.1) is 12.4 Å². The minimum absolute atomic E-state index is 0.0940. The maximum atomic E-state index is 12.1. The van der Waals surface area contributed by atoms with Gasteiger partial charge in [-0.05, 0) is 38.8 Å². The highest BCUT2D eigenvalue weighted by Gasteiger charge is 2.12. The molecule has 0 saturated carbocycles. The van der Waals surface area contributed by atoms with E-state index in [1.54, 1.807) is 6.20 Å². The lowest BCUT2D eigenvalue weighted by Gasteiger charge is -2.20. The first-order valence-corrected chi connectivity index (χ1v) is 7.28. The molecule has 0 aliphatic carbocycles. The highest BCUT2D eigenvalue weighted by Crippen LogP contribution is 2.11. The maximum absolute atomic E-state index is 12.1. The smallest absolute Gasteiger partial charge is 0.271 e. The van der Waals surface area contributed by atoms with E-state index in [1.165, 1.54) is 6.20 Å². The van der Waals surface area contributed by atoms with Crippen molar-refractivity contribution < 1.29 is 4.79 Å². The molecule has 116 valence electrons. The minimum Gasteiger partial charge on any atom is -0.364 e. The summed E-state index contributed by atoms with van der Waals surface area (Å²) in [4.78, 5) is 20.5. The first kappa shape index (κ1) is 15.9. The molecule has 0 bridgehead atoms. The van der Waals surface area contributed by atoms with Crippen LogP contribution in [0, 0.1) is 6.92 Å². The Kier molecular flexibility index (Phi) is 4.75. The molecule has 2 N–H and O–H groups in total. The van der Waals surface area contributed by atoms with Gasteiger partial charge in [0.15, 0.2) is 0 Å². The molecule has 0 spiro atoms. The average molecular weight is 298 g/mol. The van der Waals surface area contributed by atoms with Gasteiger partial charge in [0.2, 0.25) is 0 Å². The van der Waals surface area contributed by atoms with Crippen LogP contribution >= 0.6 is 0 Å². The standard InChI is InChI=1S/C17H22N4O/c1-12-7-5-6-8-13(12)9-20-16(22)14-10-19-15(11-18-14)21-17(2,3)4/h5-8,10-11H,9H2,1-4H3,(H,19,21)(H,20,22). The Morgan fingerprint density at radius 1 is 1.14 bits per heavy atom. The number of benzene rings is 1. The molecule has 0 fully saturated rings. The Hall–Kier alpha value is -2.43. The Bertz CT molecular complexity index is 644. The number of hydrogen-bond donors (Lipinski definition) is 2. The van der Waals surface area contributed by atoms with Crippen LogP contribution in [0.5, 0.6) is 0 Å². The molecule has 0 aliphatic rings. The molecule has 0 atom stereocenters. The first-order chi connectivity index (χ1) is 10.3. The Morgan fingerprint density at radius 2 is 1.86 bits per heavy atom. The van der Waals surface area contributed by atoms with Gasteiger partial charge in [0, 0.05) is 12.1 Å². The van der Waals surface area contributed by atoms with Gasteiger partial charge >= 0.3 is 0 Å². The fourth-order valence-corrected chi connectivity index (χ4v) is 1.97. The quantitative estimate of drug-likeness (QED) is 0.910. The number of carbonyl (C=O) groups is 1. The molecular formula is C17H22N4O. The van der Waals surface area contributed by atoms with Crippen LogP contribution < -0.4 is 10.6 Å². The molecule has 1 aromatic carbocycles. The van der Waals surface area contributed by atoms with Crippen molar-refractivity contribution in [3.8, 4) is 0 Å². The molecule has 5 nitrogen and oxygen atoms in total. The van der Waals surface area contributed by atoms with Crippen molar-refractivity contribution in [2.24, 2.45) is 0 Å². The van der Waals surface area contributed by atoms with Crippen molar-refractivity contribution in [3.63, 3.8) is 0 Å². The zero-order chi connectivity index (χ0) is 16.2. The zero-order valence-corrected chi connectivity index (χ0v) is 13.5. The molecule has 1 heterocycles. The minimum atomic E-state index is -0.224. The number of aryl methyl sites for hydroxylation is 1. The highest BCUT2D eigenvalue weighted by atomic mass is 16.1. The summed E-state index contributed by atoms with van der Waals surface area (Å²) in [5.41, 5.74) is 2.46. The molecule has 0 saturated heterocycles. The van der Waals surface area contributed by atoms with Crippen molar-refractivity contribution in [2.75, 3.05) is 5.32 Å². The van der Waals surface area contributed by atoms with Crippen LogP contribution in [0.3, 0.4) is 0 Å². The van der Waals surface area contributed by atoms with Gasteiger partial charge in [-0.25, -0.2) is 9.97 Å². The number of amides is 1. The number of anilines is 1. The summed E-state index contributed by atoms with van der Waals surface area (Å²) in [6.45, 7) is 8.62. The summed E-state index contributed by atoms with van der Waals surface area (Å²) in [6.07, 6.45) is 3.06. The van der Waals surface area contributed by atoms with Gasteiger partial charge in [-0.3, -0.25) is 4.79 Å². The van der Waals surface area contributed by atoms with Crippen molar-refractivity contribution >= 4 is 11.7 Å². The van der Waals surface area contributed by atoms with Gasteiger partial charge < -0.3 is 10.6 Å². The van der Waals surface area contributed by atoms with E-state index in [0.717, 1.165) is 11.1 Å². The Morgan fingerprint density at radius 3 is 2.45 bits per heavy atom. The zero-order valence-electron chi connectivity index (χ0n) is 13.5. The van der Waals surface area contributed by atoms with Crippen LogP contribution in [0.15, 0.2) is 36.7 Å². The van der Waals surface area contributed by atoms with Gasteiger partial charge in [0.1, 0.15) is 11.5 Å². The second kappa shape index (κ2) is 6.56. The number of nitrogens with one attached hydrogen (secondary N) is 2. The predicted octanol–water partition coefficient (Wildman–Crippen LogP) is 2.93. The second-order valence-corrected chi connectivity index (χ2v) is 6.27. The molecule has 1 aromatic heterocycles. The third-order valence-electron chi connectivity index (χ3n) is 3.09. The van der Waals surface area contributed by atoms with E-state index >= 15 is 0 Å². The second-order valence-electron chi connectivity index (χ2n) is 6.27. The third-order valence-corrected chi connectivity index (χ3v) is 3.09. The molecular weight excluding hydrogens is 276 g/mol. The third kappa shape index (κ3) is 4.55. The van der Waals surface area contributed by atoms with Crippen LogP contribution in [0.2, 0.25) is 0 Å². The monoisotopic (exact) mass is 298 g/mol. The predicted molar refractivity (Wildman–Crippen MR) is 87.8 cm³/mol. The number of nitrogens with zero attached hydrogens (tertiary/aromatic N) is 2. The molecule has 1 amide bonds. The molecule has 0 radical (unpaired) electrons. The molecule has 0 unspecified atom stereocenters. The van der Waals surface area contributed by atoms with Gasteiger partial charge in [-0.1, -0.05) is 24.3 Å². The SMILES string of the molecule is Cc1ccccc1CNC(=O)c1cnc(NC(C)(C)C)cn1. The van der Waals surface area contributed by atoms with Crippen molar-refractivity contribution in [2.45, 2.75) is 39.8 Å². The molecule has 2 aromatic rings. The van der Waals surface area contributed by atoms with Crippen LogP contribution in [0.25, 0.3) is 0 Å². The van der Waals surface area contributed by atoms with Crippen LogP contribution in [-0.4, -0.2) is 21.4 Å². The van der Waals surface area contributed by atoms with Crippen molar-refractivity contribution in [1.82, 2.24) is 15.3 Å². The normalized spacial score (nSPS) is 11.1. The molecule has 2 rings (SSSR count). The van der Waals surface area contributed by atoms with E-state index in [9.17, 15) is 4.79 Å². The summed E-state index contributed by atoms with van der Waals surface area (Å²) >= 11 is 0. The summed E-state index contributed by atoms with van der Waals surface area (Å²) < 4.78 is 0. The fourth-order valence-electron chi connectivity index (χ4n) is 1.97. The van der Waals surface area contributed by atoms with E-state index in [4.69, 9.17) is 0 Å². The summed E-state index contributed by atoms with van der Waals surface area (Å²) in [5.74, 6) is 0.431.